The van der Waals surface area contributed by atoms with Crippen LogP contribution < -0.4 is 0 Å². The Balaban J connectivity index is 1.87. The average molecular weight is 283 g/mol. The van der Waals surface area contributed by atoms with E-state index in [1.807, 2.05) is 12.1 Å². The number of hydrogen-bond donors (Lipinski definition) is 0. The van der Waals surface area contributed by atoms with Crippen LogP contribution in [0.4, 0.5) is 4.39 Å². The largest absolute Gasteiger partial charge is 0.207 e. The molecule has 3 heteroatoms. The van der Waals surface area contributed by atoms with E-state index in [0.29, 0.717) is 11.8 Å². The molecule has 1 aromatic heterocycles. The van der Waals surface area contributed by atoms with Crippen LogP contribution in [0, 0.1) is 11.7 Å². The molecule has 1 atom stereocenters. The fourth-order valence-electron chi connectivity index (χ4n) is 1.99. The standard InChI is InChI=1S/C15H16ClFS/c16-10-14(2-1-13-7-8-18-11-13)9-12-3-5-15(17)6-4-12/h3-8,11,14H,1-2,9-10H2. The van der Waals surface area contributed by atoms with Gasteiger partial charge in [-0.2, -0.15) is 11.3 Å². The molecular weight excluding hydrogens is 267 g/mol. The van der Waals surface area contributed by atoms with Crippen LogP contribution in [-0.4, -0.2) is 5.88 Å². The molecule has 0 radical (unpaired) electrons. The summed E-state index contributed by atoms with van der Waals surface area (Å²) in [5.74, 6) is 0.929. The molecule has 1 heterocycles. The summed E-state index contributed by atoms with van der Waals surface area (Å²) in [4.78, 5) is 0. The minimum atomic E-state index is -0.181. The lowest BCUT2D eigenvalue weighted by molar-refractivity contribution is 0.536. The second-order valence-electron chi connectivity index (χ2n) is 4.52. The number of benzene rings is 1. The Kier molecular flexibility index (Phi) is 5.21. The van der Waals surface area contributed by atoms with Crippen molar-refractivity contribution in [1.82, 2.24) is 0 Å². The van der Waals surface area contributed by atoms with Gasteiger partial charge >= 0.3 is 0 Å². The van der Waals surface area contributed by atoms with Gasteiger partial charge in [0.25, 0.3) is 0 Å². The van der Waals surface area contributed by atoms with Crippen molar-refractivity contribution in [1.29, 1.82) is 0 Å². The molecule has 0 saturated carbocycles. The predicted molar refractivity (Wildman–Crippen MR) is 77.0 cm³/mol. The van der Waals surface area contributed by atoms with Crippen LogP contribution >= 0.6 is 22.9 Å². The molecule has 1 unspecified atom stereocenters. The lowest BCUT2D eigenvalue weighted by Crippen LogP contribution is -2.08. The van der Waals surface area contributed by atoms with Gasteiger partial charge in [0.05, 0.1) is 0 Å². The van der Waals surface area contributed by atoms with E-state index in [2.05, 4.69) is 16.8 Å². The maximum Gasteiger partial charge on any atom is 0.123 e. The first-order valence-corrected chi connectivity index (χ1v) is 7.57. The number of hydrogen-bond acceptors (Lipinski definition) is 1. The molecule has 18 heavy (non-hydrogen) atoms. The number of halogens is 2. The van der Waals surface area contributed by atoms with Gasteiger partial charge in [0.15, 0.2) is 0 Å². The van der Waals surface area contributed by atoms with Crippen molar-refractivity contribution in [3.63, 3.8) is 0 Å². The van der Waals surface area contributed by atoms with E-state index in [-0.39, 0.29) is 5.82 Å². The number of aryl methyl sites for hydroxylation is 1. The van der Waals surface area contributed by atoms with E-state index in [9.17, 15) is 4.39 Å². The second-order valence-corrected chi connectivity index (χ2v) is 5.61. The molecule has 0 spiro atoms. The topological polar surface area (TPSA) is 0 Å². The highest BCUT2D eigenvalue weighted by Gasteiger charge is 2.09. The SMILES string of the molecule is Fc1ccc(CC(CCl)CCc2ccsc2)cc1. The minimum Gasteiger partial charge on any atom is -0.207 e. The first-order chi connectivity index (χ1) is 8.78. The van der Waals surface area contributed by atoms with E-state index in [0.717, 1.165) is 24.8 Å². The average Bonchev–Trinajstić information content (AvgIpc) is 2.90. The van der Waals surface area contributed by atoms with E-state index in [1.165, 1.54) is 17.7 Å². The van der Waals surface area contributed by atoms with E-state index in [1.54, 1.807) is 11.3 Å². The summed E-state index contributed by atoms with van der Waals surface area (Å²) < 4.78 is 12.8. The molecule has 1 aromatic carbocycles. The third kappa shape index (κ3) is 4.11. The zero-order chi connectivity index (χ0) is 12.8. The molecule has 2 aromatic rings. The van der Waals surface area contributed by atoms with Gasteiger partial charge in [-0.25, -0.2) is 4.39 Å². The van der Waals surface area contributed by atoms with Gasteiger partial charge in [-0.05, 0) is 65.3 Å². The Morgan fingerprint density at radius 3 is 2.50 bits per heavy atom. The fourth-order valence-corrected chi connectivity index (χ4v) is 2.96. The van der Waals surface area contributed by atoms with Crippen LogP contribution in [0.15, 0.2) is 41.1 Å². The molecule has 96 valence electrons. The van der Waals surface area contributed by atoms with Crippen LogP contribution in [0.1, 0.15) is 17.5 Å². The summed E-state index contributed by atoms with van der Waals surface area (Å²) in [5, 5.41) is 4.29. The molecule has 0 N–H and O–H groups in total. The molecular formula is C15H16ClFS. The summed E-state index contributed by atoms with van der Waals surface area (Å²) in [6.07, 6.45) is 3.08. The Hall–Kier alpha value is -0.860. The monoisotopic (exact) mass is 282 g/mol. The molecule has 0 fully saturated rings. The summed E-state index contributed by atoms with van der Waals surface area (Å²) in [6.45, 7) is 0. The summed E-state index contributed by atoms with van der Waals surface area (Å²) in [7, 11) is 0. The molecule has 0 aliphatic carbocycles. The van der Waals surface area contributed by atoms with Crippen molar-refractivity contribution < 1.29 is 4.39 Å². The Labute approximate surface area is 116 Å². The van der Waals surface area contributed by atoms with Gasteiger partial charge in [0.2, 0.25) is 0 Å². The highest BCUT2D eigenvalue weighted by atomic mass is 35.5. The molecule has 0 amide bonds. The smallest absolute Gasteiger partial charge is 0.123 e. The van der Waals surface area contributed by atoms with Crippen molar-refractivity contribution in [2.45, 2.75) is 19.3 Å². The highest BCUT2D eigenvalue weighted by molar-refractivity contribution is 7.07. The predicted octanol–water partition coefficient (Wildman–Crippen LogP) is 4.92. The third-order valence-corrected chi connectivity index (χ3v) is 4.25. The van der Waals surface area contributed by atoms with Gasteiger partial charge in [0.1, 0.15) is 5.82 Å². The van der Waals surface area contributed by atoms with Gasteiger partial charge in [-0.3, -0.25) is 0 Å². The Morgan fingerprint density at radius 2 is 1.89 bits per heavy atom. The van der Waals surface area contributed by atoms with Crippen LogP contribution in [0.25, 0.3) is 0 Å². The quantitative estimate of drug-likeness (QED) is 0.660. The number of thiophene rings is 1. The van der Waals surface area contributed by atoms with E-state index >= 15 is 0 Å². The molecule has 0 nitrogen and oxygen atoms in total. The lowest BCUT2D eigenvalue weighted by atomic mass is 9.95. The number of rotatable bonds is 6. The van der Waals surface area contributed by atoms with Crippen LogP contribution in [0.2, 0.25) is 0 Å². The highest BCUT2D eigenvalue weighted by Crippen LogP contribution is 2.18. The Morgan fingerprint density at radius 1 is 1.11 bits per heavy atom. The molecule has 0 saturated heterocycles. The van der Waals surface area contributed by atoms with Gasteiger partial charge in [0, 0.05) is 5.88 Å². The fraction of sp³-hybridized carbons (Fsp3) is 0.333. The number of alkyl halides is 1. The van der Waals surface area contributed by atoms with Crippen molar-refractivity contribution >= 4 is 22.9 Å². The summed E-state index contributed by atoms with van der Waals surface area (Å²) in [5.41, 5.74) is 2.54. The van der Waals surface area contributed by atoms with Crippen molar-refractivity contribution in [3.8, 4) is 0 Å². The van der Waals surface area contributed by atoms with Crippen molar-refractivity contribution in [2.24, 2.45) is 5.92 Å². The maximum atomic E-state index is 12.8. The van der Waals surface area contributed by atoms with Crippen molar-refractivity contribution in [2.75, 3.05) is 5.88 Å². The minimum absolute atomic E-state index is 0.181. The Bertz CT molecular complexity index is 450. The maximum absolute atomic E-state index is 12.8. The van der Waals surface area contributed by atoms with Gasteiger partial charge < -0.3 is 0 Å². The normalized spacial score (nSPS) is 12.6. The molecule has 0 bridgehead atoms. The van der Waals surface area contributed by atoms with Gasteiger partial charge in [-0.1, -0.05) is 12.1 Å². The first-order valence-electron chi connectivity index (χ1n) is 6.09. The van der Waals surface area contributed by atoms with E-state index in [4.69, 9.17) is 11.6 Å². The third-order valence-electron chi connectivity index (χ3n) is 3.08. The van der Waals surface area contributed by atoms with E-state index < -0.39 is 0 Å². The van der Waals surface area contributed by atoms with Crippen LogP contribution in [-0.2, 0) is 12.8 Å². The second kappa shape index (κ2) is 6.91. The zero-order valence-electron chi connectivity index (χ0n) is 10.1. The molecule has 0 aliphatic rings. The summed E-state index contributed by atoms with van der Waals surface area (Å²) in [6, 6.07) is 8.88. The molecule has 0 aliphatic heterocycles. The summed E-state index contributed by atoms with van der Waals surface area (Å²) >= 11 is 7.75. The van der Waals surface area contributed by atoms with Gasteiger partial charge in [-0.15, -0.1) is 11.6 Å². The lowest BCUT2D eigenvalue weighted by Gasteiger charge is -2.13. The molecule has 2 rings (SSSR count). The zero-order valence-corrected chi connectivity index (χ0v) is 11.7. The first kappa shape index (κ1) is 13.6. The van der Waals surface area contributed by atoms with Crippen molar-refractivity contribution in [3.05, 3.63) is 58.0 Å². The van der Waals surface area contributed by atoms with Crippen LogP contribution in [0.5, 0.6) is 0 Å². The van der Waals surface area contributed by atoms with Crippen LogP contribution in [0.3, 0.4) is 0 Å².